The molecule has 2 rings (SSSR count). The summed E-state index contributed by atoms with van der Waals surface area (Å²) in [6.07, 6.45) is 0. The van der Waals surface area contributed by atoms with Crippen molar-refractivity contribution in [1.29, 1.82) is 0 Å². The lowest BCUT2D eigenvalue weighted by molar-refractivity contribution is 0.407. The van der Waals surface area contributed by atoms with Gasteiger partial charge < -0.3 is 10.5 Å². The first-order valence-corrected chi connectivity index (χ1v) is 6.63. The summed E-state index contributed by atoms with van der Waals surface area (Å²) >= 11 is 9.43. The maximum absolute atomic E-state index is 6.27. The van der Waals surface area contributed by atoms with Gasteiger partial charge in [0.05, 0.1) is 13.2 Å². The Morgan fingerprint density at radius 2 is 2.00 bits per heavy atom. The van der Waals surface area contributed by atoms with Crippen LogP contribution >= 0.6 is 27.5 Å². The van der Waals surface area contributed by atoms with E-state index in [2.05, 4.69) is 15.9 Å². The van der Waals surface area contributed by atoms with Gasteiger partial charge in [0.25, 0.3) is 0 Å². The highest BCUT2D eigenvalue weighted by molar-refractivity contribution is 9.10. The van der Waals surface area contributed by atoms with Crippen molar-refractivity contribution in [2.24, 2.45) is 5.73 Å². The van der Waals surface area contributed by atoms with Gasteiger partial charge in [-0.25, -0.2) is 0 Å². The van der Waals surface area contributed by atoms with Crippen LogP contribution in [-0.2, 0) is 0 Å². The maximum Gasteiger partial charge on any atom is 0.124 e. The molecule has 0 aliphatic carbocycles. The van der Waals surface area contributed by atoms with Crippen LogP contribution in [0.4, 0.5) is 0 Å². The second-order valence-electron chi connectivity index (χ2n) is 3.92. The smallest absolute Gasteiger partial charge is 0.124 e. The minimum Gasteiger partial charge on any atom is -0.496 e. The van der Waals surface area contributed by atoms with Crippen molar-refractivity contribution in [2.75, 3.05) is 7.11 Å². The van der Waals surface area contributed by atoms with Crippen molar-refractivity contribution in [2.45, 2.75) is 6.04 Å². The summed E-state index contributed by atoms with van der Waals surface area (Å²) in [5.41, 5.74) is 8.15. The van der Waals surface area contributed by atoms with E-state index in [1.165, 1.54) is 0 Å². The zero-order chi connectivity index (χ0) is 13.1. The highest BCUT2D eigenvalue weighted by atomic mass is 79.9. The first-order valence-electron chi connectivity index (χ1n) is 5.46. The normalized spacial score (nSPS) is 12.2. The van der Waals surface area contributed by atoms with E-state index in [-0.39, 0.29) is 6.04 Å². The maximum atomic E-state index is 6.27. The lowest BCUT2D eigenvalue weighted by Crippen LogP contribution is -2.13. The van der Waals surface area contributed by atoms with Crippen molar-refractivity contribution in [1.82, 2.24) is 0 Å². The number of hydrogen-bond acceptors (Lipinski definition) is 2. The van der Waals surface area contributed by atoms with Crippen LogP contribution in [0.5, 0.6) is 5.75 Å². The number of benzene rings is 2. The van der Waals surface area contributed by atoms with E-state index in [4.69, 9.17) is 22.1 Å². The van der Waals surface area contributed by atoms with Gasteiger partial charge in [0, 0.05) is 15.1 Å². The number of halogens is 2. The van der Waals surface area contributed by atoms with Gasteiger partial charge in [0.1, 0.15) is 5.75 Å². The number of methoxy groups -OCH3 is 1. The highest BCUT2D eigenvalue weighted by Crippen LogP contribution is 2.31. The predicted octanol–water partition coefficient (Wildman–Crippen LogP) is 4.16. The zero-order valence-corrected chi connectivity index (χ0v) is 12.2. The lowest BCUT2D eigenvalue weighted by atomic mass is 9.99. The van der Waals surface area contributed by atoms with Crippen LogP contribution in [0, 0.1) is 0 Å². The molecule has 0 aromatic heterocycles. The second-order valence-corrected chi connectivity index (χ2v) is 5.27. The fourth-order valence-corrected chi connectivity index (χ4v) is 2.41. The third kappa shape index (κ3) is 2.86. The molecule has 2 aromatic rings. The van der Waals surface area contributed by atoms with E-state index < -0.39 is 0 Å². The second kappa shape index (κ2) is 5.74. The van der Waals surface area contributed by atoms with E-state index >= 15 is 0 Å². The summed E-state index contributed by atoms with van der Waals surface area (Å²) in [7, 11) is 1.64. The molecule has 0 saturated heterocycles. The van der Waals surface area contributed by atoms with E-state index in [1.807, 2.05) is 42.5 Å². The third-order valence-corrected chi connectivity index (χ3v) is 3.46. The SMILES string of the molecule is COc1ccc(Br)cc1C(N)c1cccc(Cl)c1. The first-order chi connectivity index (χ1) is 8.61. The van der Waals surface area contributed by atoms with Crippen LogP contribution in [0.25, 0.3) is 0 Å². The molecular formula is C14H13BrClNO. The Morgan fingerprint density at radius 1 is 1.22 bits per heavy atom. The van der Waals surface area contributed by atoms with Gasteiger partial charge in [-0.05, 0) is 35.9 Å². The molecule has 0 heterocycles. The summed E-state index contributed by atoms with van der Waals surface area (Å²) in [6.45, 7) is 0. The Labute approximate surface area is 120 Å². The molecule has 0 aliphatic heterocycles. The number of nitrogens with two attached hydrogens (primary N) is 1. The molecule has 0 radical (unpaired) electrons. The molecule has 2 nitrogen and oxygen atoms in total. The van der Waals surface area contributed by atoms with Crippen LogP contribution in [0.2, 0.25) is 5.02 Å². The fourth-order valence-electron chi connectivity index (χ4n) is 1.83. The van der Waals surface area contributed by atoms with Crippen LogP contribution in [0.15, 0.2) is 46.9 Å². The van der Waals surface area contributed by atoms with Gasteiger partial charge in [-0.15, -0.1) is 0 Å². The molecule has 18 heavy (non-hydrogen) atoms. The summed E-state index contributed by atoms with van der Waals surface area (Å²) in [5.74, 6) is 0.769. The number of rotatable bonds is 3. The third-order valence-electron chi connectivity index (χ3n) is 2.73. The van der Waals surface area contributed by atoms with Gasteiger partial charge in [-0.2, -0.15) is 0 Å². The van der Waals surface area contributed by atoms with Gasteiger partial charge >= 0.3 is 0 Å². The van der Waals surface area contributed by atoms with Crippen LogP contribution in [-0.4, -0.2) is 7.11 Å². The summed E-state index contributed by atoms with van der Waals surface area (Å²) in [4.78, 5) is 0. The number of ether oxygens (including phenoxy) is 1. The summed E-state index contributed by atoms with van der Waals surface area (Å²) in [6, 6.07) is 13.1. The minimum atomic E-state index is -0.267. The van der Waals surface area contributed by atoms with Crippen LogP contribution < -0.4 is 10.5 Å². The summed E-state index contributed by atoms with van der Waals surface area (Å²) < 4.78 is 6.31. The van der Waals surface area contributed by atoms with E-state index in [0.29, 0.717) is 5.02 Å². The van der Waals surface area contributed by atoms with Crippen molar-refractivity contribution >= 4 is 27.5 Å². The highest BCUT2D eigenvalue weighted by Gasteiger charge is 2.14. The molecule has 2 aromatic carbocycles. The average molecular weight is 327 g/mol. The van der Waals surface area contributed by atoms with Gasteiger partial charge in [-0.3, -0.25) is 0 Å². The molecule has 2 N–H and O–H groups in total. The molecule has 0 bridgehead atoms. The molecule has 4 heteroatoms. The molecule has 0 fully saturated rings. The van der Waals surface area contributed by atoms with E-state index in [1.54, 1.807) is 7.11 Å². The van der Waals surface area contributed by atoms with Crippen molar-refractivity contribution in [3.63, 3.8) is 0 Å². The van der Waals surface area contributed by atoms with Crippen molar-refractivity contribution < 1.29 is 4.74 Å². The molecule has 1 atom stereocenters. The topological polar surface area (TPSA) is 35.2 Å². The lowest BCUT2D eigenvalue weighted by Gasteiger charge is -2.16. The zero-order valence-electron chi connectivity index (χ0n) is 9.86. The molecule has 0 spiro atoms. The predicted molar refractivity (Wildman–Crippen MR) is 78.2 cm³/mol. The Balaban J connectivity index is 2.44. The van der Waals surface area contributed by atoms with Gasteiger partial charge in [0.2, 0.25) is 0 Å². The molecule has 0 saturated carbocycles. The Morgan fingerprint density at radius 3 is 2.67 bits per heavy atom. The standard InChI is InChI=1S/C14H13BrClNO/c1-18-13-6-5-10(15)8-12(13)14(17)9-3-2-4-11(16)7-9/h2-8,14H,17H2,1H3. The van der Waals surface area contributed by atoms with Gasteiger partial charge in [0.15, 0.2) is 0 Å². The Kier molecular flexibility index (Phi) is 4.27. The van der Waals surface area contributed by atoms with Crippen LogP contribution in [0.1, 0.15) is 17.2 Å². The van der Waals surface area contributed by atoms with E-state index in [9.17, 15) is 0 Å². The minimum absolute atomic E-state index is 0.267. The van der Waals surface area contributed by atoms with Gasteiger partial charge in [-0.1, -0.05) is 39.7 Å². The fraction of sp³-hybridized carbons (Fsp3) is 0.143. The molecule has 1 unspecified atom stereocenters. The largest absolute Gasteiger partial charge is 0.496 e. The average Bonchev–Trinajstić information content (AvgIpc) is 2.38. The number of hydrogen-bond donors (Lipinski definition) is 1. The Bertz CT molecular complexity index is 559. The Hall–Kier alpha value is -1.03. The molecule has 94 valence electrons. The molecule has 0 aliphatic rings. The monoisotopic (exact) mass is 325 g/mol. The summed E-state index contributed by atoms with van der Waals surface area (Å²) in [5, 5.41) is 0.678. The van der Waals surface area contributed by atoms with Crippen LogP contribution in [0.3, 0.4) is 0 Å². The molecular weight excluding hydrogens is 314 g/mol. The van der Waals surface area contributed by atoms with Crippen molar-refractivity contribution in [3.8, 4) is 5.75 Å². The van der Waals surface area contributed by atoms with E-state index in [0.717, 1.165) is 21.3 Å². The van der Waals surface area contributed by atoms with Crippen molar-refractivity contribution in [3.05, 3.63) is 63.1 Å². The quantitative estimate of drug-likeness (QED) is 0.919. The first kappa shape index (κ1) is 13.4. The molecule has 0 amide bonds.